The minimum absolute atomic E-state index is 0.0799. The largest absolute Gasteiger partial charge is 0.310 e. The van der Waals surface area contributed by atoms with E-state index in [0.29, 0.717) is 22.5 Å². The van der Waals surface area contributed by atoms with E-state index in [1.165, 1.54) is 17.1 Å². The molecule has 0 aromatic heterocycles. The second-order valence-corrected chi connectivity index (χ2v) is 7.93. The summed E-state index contributed by atoms with van der Waals surface area (Å²) in [6.45, 7) is 4.31. The lowest BCUT2D eigenvalue weighted by Crippen LogP contribution is -2.33. The van der Waals surface area contributed by atoms with E-state index < -0.39 is 10.0 Å². The molecule has 1 aliphatic rings. The molecule has 0 amide bonds. The number of nitrogens with one attached hydrogen (secondary N) is 1. The Morgan fingerprint density at radius 1 is 1.40 bits per heavy atom. The highest BCUT2D eigenvalue weighted by Gasteiger charge is 2.24. The highest BCUT2D eigenvalue weighted by molar-refractivity contribution is 7.89. The van der Waals surface area contributed by atoms with Crippen molar-refractivity contribution in [2.75, 3.05) is 7.05 Å². The third kappa shape index (κ3) is 3.52. The van der Waals surface area contributed by atoms with E-state index in [9.17, 15) is 8.42 Å². The molecule has 1 aromatic carbocycles. The van der Waals surface area contributed by atoms with Gasteiger partial charge in [-0.25, -0.2) is 8.42 Å². The van der Waals surface area contributed by atoms with Gasteiger partial charge in [-0.2, -0.15) is 4.31 Å². The van der Waals surface area contributed by atoms with Crippen LogP contribution >= 0.6 is 11.6 Å². The van der Waals surface area contributed by atoms with Gasteiger partial charge in [-0.3, -0.25) is 0 Å². The monoisotopic (exact) mass is 316 g/mol. The Morgan fingerprint density at radius 3 is 2.60 bits per heavy atom. The number of benzene rings is 1. The van der Waals surface area contributed by atoms with Gasteiger partial charge in [-0.05, 0) is 50.5 Å². The van der Waals surface area contributed by atoms with Crippen LogP contribution in [-0.2, 0) is 16.6 Å². The Morgan fingerprint density at radius 2 is 2.05 bits per heavy atom. The van der Waals surface area contributed by atoms with Gasteiger partial charge >= 0.3 is 0 Å². The molecule has 4 nitrogen and oxygen atoms in total. The van der Waals surface area contributed by atoms with Crippen LogP contribution in [0.15, 0.2) is 23.1 Å². The molecule has 20 heavy (non-hydrogen) atoms. The summed E-state index contributed by atoms with van der Waals surface area (Å²) in [6.07, 6.45) is 2.37. The zero-order valence-electron chi connectivity index (χ0n) is 12.1. The van der Waals surface area contributed by atoms with Crippen LogP contribution in [0, 0.1) is 0 Å². The Labute approximate surface area is 126 Å². The van der Waals surface area contributed by atoms with Crippen molar-refractivity contribution in [2.45, 2.75) is 50.2 Å². The molecule has 1 fully saturated rings. The Hall–Kier alpha value is -0.620. The van der Waals surface area contributed by atoms with Gasteiger partial charge in [0.15, 0.2) is 0 Å². The van der Waals surface area contributed by atoms with Crippen molar-refractivity contribution in [3.63, 3.8) is 0 Å². The molecule has 0 saturated heterocycles. The molecule has 1 aliphatic carbocycles. The molecular weight excluding hydrogens is 296 g/mol. The predicted octanol–water partition coefficient (Wildman–Crippen LogP) is 2.62. The molecule has 0 atom stereocenters. The molecule has 0 bridgehead atoms. The van der Waals surface area contributed by atoms with Gasteiger partial charge in [0.2, 0.25) is 10.0 Å². The summed E-state index contributed by atoms with van der Waals surface area (Å²) in [4.78, 5) is 0.297. The number of rotatable bonds is 6. The first-order valence-corrected chi connectivity index (χ1v) is 8.64. The molecule has 0 spiro atoms. The SMILES string of the molecule is CC(C)N(C)S(=O)(=O)c1ccc(Cl)c(CNC2CC2)c1. The zero-order valence-corrected chi connectivity index (χ0v) is 13.6. The fourth-order valence-electron chi connectivity index (χ4n) is 1.83. The third-order valence-electron chi connectivity index (χ3n) is 3.58. The van der Waals surface area contributed by atoms with Gasteiger partial charge in [0.25, 0.3) is 0 Å². The normalized spacial score (nSPS) is 16.1. The molecule has 1 aromatic rings. The van der Waals surface area contributed by atoms with Crippen LogP contribution in [0.3, 0.4) is 0 Å². The van der Waals surface area contributed by atoms with Gasteiger partial charge < -0.3 is 5.32 Å². The molecule has 6 heteroatoms. The molecule has 0 radical (unpaired) electrons. The van der Waals surface area contributed by atoms with Crippen molar-refractivity contribution < 1.29 is 8.42 Å². The van der Waals surface area contributed by atoms with E-state index in [1.54, 1.807) is 25.2 Å². The summed E-state index contributed by atoms with van der Waals surface area (Å²) in [5.74, 6) is 0. The van der Waals surface area contributed by atoms with Crippen molar-refractivity contribution in [3.05, 3.63) is 28.8 Å². The summed E-state index contributed by atoms with van der Waals surface area (Å²) in [5.41, 5.74) is 0.830. The van der Waals surface area contributed by atoms with E-state index in [-0.39, 0.29) is 6.04 Å². The average molecular weight is 317 g/mol. The number of sulfonamides is 1. The molecule has 0 heterocycles. The maximum absolute atomic E-state index is 12.5. The molecule has 1 N–H and O–H groups in total. The van der Waals surface area contributed by atoms with Crippen molar-refractivity contribution >= 4 is 21.6 Å². The van der Waals surface area contributed by atoms with Gasteiger partial charge in [-0.1, -0.05) is 11.6 Å². The van der Waals surface area contributed by atoms with E-state index in [4.69, 9.17) is 11.6 Å². The van der Waals surface area contributed by atoms with Gasteiger partial charge in [-0.15, -0.1) is 0 Å². The lowest BCUT2D eigenvalue weighted by Gasteiger charge is -2.21. The highest BCUT2D eigenvalue weighted by atomic mass is 35.5. The van der Waals surface area contributed by atoms with E-state index in [0.717, 1.165) is 5.56 Å². The minimum atomic E-state index is -3.45. The summed E-state index contributed by atoms with van der Waals surface area (Å²) >= 11 is 6.14. The number of hydrogen-bond donors (Lipinski definition) is 1. The smallest absolute Gasteiger partial charge is 0.243 e. The van der Waals surface area contributed by atoms with Crippen molar-refractivity contribution in [1.29, 1.82) is 0 Å². The van der Waals surface area contributed by atoms with Crippen LogP contribution in [0.2, 0.25) is 5.02 Å². The molecular formula is C14H21ClN2O2S. The first kappa shape index (κ1) is 15.8. The molecule has 1 saturated carbocycles. The fourth-order valence-corrected chi connectivity index (χ4v) is 3.44. The van der Waals surface area contributed by atoms with E-state index in [1.807, 2.05) is 13.8 Å². The predicted molar refractivity (Wildman–Crippen MR) is 81.4 cm³/mol. The summed E-state index contributed by atoms with van der Waals surface area (Å²) < 4.78 is 26.3. The highest BCUT2D eigenvalue weighted by Crippen LogP contribution is 2.25. The maximum atomic E-state index is 12.5. The van der Waals surface area contributed by atoms with Gasteiger partial charge in [0.05, 0.1) is 4.90 Å². The standard InChI is InChI=1S/C14H21ClN2O2S/c1-10(2)17(3)20(18,19)13-6-7-14(15)11(8-13)9-16-12-4-5-12/h6-8,10,12,16H,4-5,9H2,1-3H3. The third-order valence-corrected chi connectivity index (χ3v) is 5.98. The second-order valence-electron chi connectivity index (χ2n) is 5.52. The zero-order chi connectivity index (χ0) is 14.9. The number of hydrogen-bond acceptors (Lipinski definition) is 3. The lowest BCUT2D eigenvalue weighted by molar-refractivity contribution is 0.410. The van der Waals surface area contributed by atoms with Crippen LogP contribution in [0.4, 0.5) is 0 Å². The Bertz CT molecular complexity index is 583. The molecule has 0 unspecified atom stereocenters. The number of nitrogens with zero attached hydrogens (tertiary/aromatic N) is 1. The number of halogens is 1. The topological polar surface area (TPSA) is 49.4 Å². The van der Waals surface area contributed by atoms with Gasteiger partial charge in [0.1, 0.15) is 0 Å². The summed E-state index contributed by atoms with van der Waals surface area (Å²) in [7, 11) is -1.86. The van der Waals surface area contributed by atoms with Crippen LogP contribution in [0.1, 0.15) is 32.3 Å². The minimum Gasteiger partial charge on any atom is -0.310 e. The van der Waals surface area contributed by atoms with Crippen LogP contribution < -0.4 is 5.32 Å². The molecule has 2 rings (SSSR count). The Kier molecular flexibility index (Phi) is 4.74. The van der Waals surface area contributed by atoms with Gasteiger partial charge in [0, 0.05) is 30.7 Å². The quantitative estimate of drug-likeness (QED) is 0.877. The lowest BCUT2D eigenvalue weighted by atomic mass is 10.2. The summed E-state index contributed by atoms with van der Waals surface area (Å²) in [6, 6.07) is 5.38. The average Bonchev–Trinajstić information content (AvgIpc) is 3.20. The van der Waals surface area contributed by atoms with Crippen LogP contribution in [-0.4, -0.2) is 31.9 Å². The van der Waals surface area contributed by atoms with Crippen LogP contribution in [0.5, 0.6) is 0 Å². The van der Waals surface area contributed by atoms with E-state index in [2.05, 4.69) is 5.32 Å². The van der Waals surface area contributed by atoms with Crippen molar-refractivity contribution in [2.24, 2.45) is 0 Å². The first-order chi connectivity index (χ1) is 9.32. The summed E-state index contributed by atoms with van der Waals surface area (Å²) in [5, 5.41) is 3.95. The molecule has 0 aliphatic heterocycles. The van der Waals surface area contributed by atoms with Crippen molar-refractivity contribution in [3.8, 4) is 0 Å². The van der Waals surface area contributed by atoms with Crippen LogP contribution in [0.25, 0.3) is 0 Å². The van der Waals surface area contributed by atoms with Crippen molar-refractivity contribution in [1.82, 2.24) is 9.62 Å². The Balaban J connectivity index is 2.25. The maximum Gasteiger partial charge on any atom is 0.243 e. The van der Waals surface area contributed by atoms with E-state index >= 15 is 0 Å². The fraction of sp³-hybridized carbons (Fsp3) is 0.571. The first-order valence-electron chi connectivity index (χ1n) is 6.82. The molecule has 112 valence electrons. The second kappa shape index (κ2) is 6.02.